The Morgan fingerprint density at radius 1 is 1.21 bits per heavy atom. The van der Waals surface area contributed by atoms with E-state index in [0.29, 0.717) is 31.8 Å². The minimum atomic E-state index is -0.162. The number of aryl methyl sites for hydroxylation is 1. The maximum absolute atomic E-state index is 12.7. The van der Waals surface area contributed by atoms with Crippen molar-refractivity contribution in [2.24, 2.45) is 5.92 Å². The molecular formula is C25H29N5O3. The second kappa shape index (κ2) is 10.2. The molecule has 0 aliphatic carbocycles. The third-order valence-corrected chi connectivity index (χ3v) is 5.73. The maximum Gasteiger partial charge on any atom is 0.244 e. The van der Waals surface area contributed by atoms with Gasteiger partial charge >= 0.3 is 0 Å². The molecule has 4 rings (SSSR count). The van der Waals surface area contributed by atoms with Gasteiger partial charge in [0.15, 0.2) is 0 Å². The summed E-state index contributed by atoms with van der Waals surface area (Å²) in [7, 11) is 1.74. The van der Waals surface area contributed by atoms with Crippen LogP contribution < -0.4 is 15.4 Å². The number of anilines is 2. The molecule has 2 heterocycles. The highest BCUT2D eigenvalue weighted by Gasteiger charge is 2.24. The van der Waals surface area contributed by atoms with Gasteiger partial charge in [-0.25, -0.2) is 0 Å². The van der Waals surface area contributed by atoms with Crippen LogP contribution in [0, 0.1) is 12.8 Å². The van der Waals surface area contributed by atoms with Crippen molar-refractivity contribution in [2.75, 3.05) is 37.4 Å². The second-order valence-electron chi connectivity index (χ2n) is 8.33. The first-order valence-electron chi connectivity index (χ1n) is 11.1. The first-order valence-corrected chi connectivity index (χ1v) is 11.1. The summed E-state index contributed by atoms with van der Waals surface area (Å²) in [6.07, 6.45) is 3.93. The van der Waals surface area contributed by atoms with Crippen molar-refractivity contribution >= 4 is 23.2 Å². The van der Waals surface area contributed by atoms with E-state index >= 15 is 0 Å². The predicted octanol–water partition coefficient (Wildman–Crippen LogP) is 2.95. The molecule has 3 aromatic rings. The summed E-state index contributed by atoms with van der Waals surface area (Å²) in [5, 5.41) is 10.4. The highest BCUT2D eigenvalue weighted by atomic mass is 16.5. The molecule has 0 saturated heterocycles. The Morgan fingerprint density at radius 2 is 2.00 bits per heavy atom. The van der Waals surface area contributed by atoms with Crippen LogP contribution in [-0.2, 0) is 22.6 Å². The van der Waals surface area contributed by atoms with E-state index in [9.17, 15) is 9.59 Å². The van der Waals surface area contributed by atoms with Gasteiger partial charge in [0, 0.05) is 25.5 Å². The number of amides is 2. The number of carbonyl (C=O) groups is 2. The second-order valence-corrected chi connectivity index (χ2v) is 8.33. The van der Waals surface area contributed by atoms with Gasteiger partial charge in [0.05, 0.1) is 24.3 Å². The molecular weight excluding hydrogens is 418 g/mol. The summed E-state index contributed by atoms with van der Waals surface area (Å²) in [6.45, 7) is 3.58. The first kappa shape index (κ1) is 22.4. The fraction of sp³-hybridized carbons (Fsp3) is 0.320. The fourth-order valence-electron chi connectivity index (χ4n) is 3.70. The molecule has 8 heteroatoms. The largest absolute Gasteiger partial charge is 0.492 e. The normalized spacial score (nSPS) is 14.7. The molecule has 0 bridgehead atoms. The summed E-state index contributed by atoms with van der Waals surface area (Å²) >= 11 is 0. The fourth-order valence-corrected chi connectivity index (χ4v) is 3.70. The standard InChI is InChI=1S/C25H29N5O3/c1-18-7-9-22(10-8-18)33-12-11-29(2)24(31)17-30-16-21(15-27-30)28-25(32)20-13-19-5-3-4-6-23(19)26-14-20/h3-10,15-16,20,26H,11-14,17H2,1-2H3,(H,28,32). The Balaban J connectivity index is 1.23. The van der Waals surface area contributed by atoms with Crippen molar-refractivity contribution in [1.82, 2.24) is 14.7 Å². The monoisotopic (exact) mass is 447 g/mol. The third-order valence-electron chi connectivity index (χ3n) is 5.73. The molecule has 2 N–H and O–H groups in total. The van der Waals surface area contributed by atoms with Gasteiger partial charge in [0.1, 0.15) is 18.9 Å². The lowest BCUT2D eigenvalue weighted by atomic mass is 9.93. The van der Waals surface area contributed by atoms with Gasteiger partial charge in [-0.2, -0.15) is 5.10 Å². The number of fused-ring (bicyclic) bond motifs is 1. The Kier molecular flexibility index (Phi) is 6.92. The molecule has 0 fully saturated rings. The van der Waals surface area contributed by atoms with Gasteiger partial charge in [0.25, 0.3) is 0 Å². The van der Waals surface area contributed by atoms with Gasteiger partial charge in [-0.05, 0) is 37.1 Å². The van der Waals surface area contributed by atoms with Crippen molar-refractivity contribution in [2.45, 2.75) is 19.9 Å². The van der Waals surface area contributed by atoms with Crippen molar-refractivity contribution in [3.63, 3.8) is 0 Å². The number of ether oxygens (including phenoxy) is 1. The van der Waals surface area contributed by atoms with Gasteiger partial charge in [0.2, 0.25) is 11.8 Å². The van der Waals surface area contributed by atoms with Crippen LogP contribution in [0.4, 0.5) is 11.4 Å². The third kappa shape index (κ3) is 5.91. The molecule has 2 amide bonds. The summed E-state index contributed by atoms with van der Waals surface area (Å²) in [5.74, 6) is 0.472. The number of nitrogens with one attached hydrogen (secondary N) is 2. The SMILES string of the molecule is Cc1ccc(OCCN(C)C(=O)Cn2cc(NC(=O)C3CNc4ccccc4C3)cn2)cc1. The zero-order valence-electron chi connectivity index (χ0n) is 19.0. The number of rotatable bonds is 8. The molecule has 172 valence electrons. The lowest BCUT2D eigenvalue weighted by Crippen LogP contribution is -2.34. The van der Waals surface area contributed by atoms with Crippen molar-refractivity contribution < 1.29 is 14.3 Å². The number of nitrogens with zero attached hydrogens (tertiary/aromatic N) is 3. The summed E-state index contributed by atoms with van der Waals surface area (Å²) in [6, 6.07) is 15.8. The minimum Gasteiger partial charge on any atom is -0.492 e. The molecule has 1 unspecified atom stereocenters. The maximum atomic E-state index is 12.7. The van der Waals surface area contributed by atoms with Gasteiger partial charge in [-0.3, -0.25) is 14.3 Å². The number of aromatic nitrogens is 2. The van der Waals surface area contributed by atoms with Crippen LogP contribution >= 0.6 is 0 Å². The van der Waals surface area contributed by atoms with E-state index in [-0.39, 0.29) is 24.3 Å². The van der Waals surface area contributed by atoms with Crippen molar-refractivity contribution in [3.05, 3.63) is 72.1 Å². The zero-order chi connectivity index (χ0) is 23.2. The number of carbonyl (C=O) groups excluding carboxylic acids is 2. The average Bonchev–Trinajstić information content (AvgIpc) is 3.26. The van der Waals surface area contributed by atoms with Crippen LogP contribution in [0.2, 0.25) is 0 Å². The van der Waals surface area contributed by atoms with E-state index in [0.717, 1.165) is 17.0 Å². The van der Waals surface area contributed by atoms with Crippen LogP contribution in [0.3, 0.4) is 0 Å². The Bertz CT molecular complexity index is 1110. The van der Waals surface area contributed by atoms with Gasteiger partial charge in [-0.15, -0.1) is 0 Å². The lowest BCUT2D eigenvalue weighted by molar-refractivity contribution is -0.131. The number of hydrogen-bond acceptors (Lipinski definition) is 5. The molecule has 2 aromatic carbocycles. The zero-order valence-corrected chi connectivity index (χ0v) is 19.0. The lowest BCUT2D eigenvalue weighted by Gasteiger charge is -2.25. The molecule has 1 aliphatic heterocycles. The van der Waals surface area contributed by atoms with Crippen LogP contribution in [0.25, 0.3) is 0 Å². The summed E-state index contributed by atoms with van der Waals surface area (Å²) < 4.78 is 7.22. The molecule has 0 radical (unpaired) electrons. The topological polar surface area (TPSA) is 88.5 Å². The molecule has 1 atom stereocenters. The van der Waals surface area contributed by atoms with Crippen molar-refractivity contribution in [1.29, 1.82) is 0 Å². The number of para-hydroxylation sites is 1. The molecule has 1 aliphatic rings. The highest BCUT2D eigenvalue weighted by Crippen LogP contribution is 2.25. The molecule has 0 saturated carbocycles. The van der Waals surface area contributed by atoms with Crippen LogP contribution in [0.1, 0.15) is 11.1 Å². The Labute approximate surface area is 193 Å². The molecule has 8 nitrogen and oxygen atoms in total. The van der Waals surface area contributed by atoms with E-state index in [1.54, 1.807) is 24.3 Å². The molecule has 1 aromatic heterocycles. The highest BCUT2D eigenvalue weighted by molar-refractivity contribution is 5.93. The van der Waals surface area contributed by atoms with Crippen LogP contribution in [-0.4, -0.2) is 53.2 Å². The molecule has 33 heavy (non-hydrogen) atoms. The number of benzene rings is 2. The summed E-state index contributed by atoms with van der Waals surface area (Å²) in [4.78, 5) is 26.8. The smallest absolute Gasteiger partial charge is 0.244 e. The molecule has 0 spiro atoms. The average molecular weight is 448 g/mol. The van der Waals surface area contributed by atoms with Crippen LogP contribution in [0.15, 0.2) is 60.9 Å². The number of likely N-dealkylation sites (N-methyl/N-ethyl adjacent to an activating group) is 1. The minimum absolute atomic E-state index is 0.0618. The Hall–Kier alpha value is -3.81. The quantitative estimate of drug-likeness (QED) is 0.554. The number of hydrogen-bond donors (Lipinski definition) is 2. The van der Waals surface area contributed by atoms with Crippen LogP contribution in [0.5, 0.6) is 5.75 Å². The van der Waals surface area contributed by atoms with E-state index in [1.807, 2.05) is 55.5 Å². The summed E-state index contributed by atoms with van der Waals surface area (Å²) in [5.41, 5.74) is 3.98. The first-order chi connectivity index (χ1) is 16.0. The Morgan fingerprint density at radius 3 is 2.82 bits per heavy atom. The van der Waals surface area contributed by atoms with E-state index in [2.05, 4.69) is 15.7 Å². The predicted molar refractivity (Wildman–Crippen MR) is 127 cm³/mol. The van der Waals surface area contributed by atoms with Gasteiger partial charge < -0.3 is 20.3 Å². The van der Waals surface area contributed by atoms with E-state index < -0.39 is 0 Å². The van der Waals surface area contributed by atoms with E-state index in [4.69, 9.17) is 4.74 Å². The van der Waals surface area contributed by atoms with Gasteiger partial charge in [-0.1, -0.05) is 35.9 Å². The van der Waals surface area contributed by atoms with Crippen molar-refractivity contribution in [3.8, 4) is 5.75 Å². The van der Waals surface area contributed by atoms with E-state index in [1.165, 1.54) is 10.2 Å².